The smallest absolute Gasteiger partial charge is 0.191 e. The maximum atomic E-state index is 11.4. The first-order valence-corrected chi connectivity index (χ1v) is 4.34. The maximum Gasteiger partial charge on any atom is 0.191 e. The number of aromatic nitrogens is 2. The standard InChI is InChI=1S/C10H10N2O2/c1-6(13)10(14)7-2-3-8-9(4-7)12-5-11-8/h2-6,13H,1H3,(H,11,12). The Morgan fingerprint density at radius 1 is 1.57 bits per heavy atom. The number of benzene rings is 1. The minimum atomic E-state index is -0.963. The van der Waals surface area contributed by atoms with Crippen LogP contribution >= 0.6 is 0 Å². The first kappa shape index (κ1) is 8.90. The number of carbonyl (C=O) groups is 1. The number of carbonyl (C=O) groups excluding carboxylic acids is 1. The van der Waals surface area contributed by atoms with Crippen molar-refractivity contribution in [3.8, 4) is 0 Å². The number of ketones is 1. The predicted octanol–water partition coefficient (Wildman–Crippen LogP) is 1.13. The number of aliphatic hydroxyl groups excluding tert-OH is 1. The molecule has 2 aromatic rings. The van der Waals surface area contributed by atoms with Crippen molar-refractivity contribution in [2.24, 2.45) is 0 Å². The van der Waals surface area contributed by atoms with Gasteiger partial charge in [-0.3, -0.25) is 4.79 Å². The average molecular weight is 190 g/mol. The van der Waals surface area contributed by atoms with Gasteiger partial charge in [0, 0.05) is 5.56 Å². The molecular formula is C10H10N2O2. The number of fused-ring (bicyclic) bond motifs is 1. The lowest BCUT2D eigenvalue weighted by molar-refractivity contribution is 0.0779. The van der Waals surface area contributed by atoms with Crippen LogP contribution in [-0.4, -0.2) is 27.0 Å². The topological polar surface area (TPSA) is 66.0 Å². The van der Waals surface area contributed by atoms with Crippen LogP contribution in [0.4, 0.5) is 0 Å². The number of Topliss-reactive ketones (excluding diaryl/α,β-unsaturated/α-hetero) is 1. The lowest BCUT2D eigenvalue weighted by atomic mass is 10.1. The molecular weight excluding hydrogens is 180 g/mol. The summed E-state index contributed by atoms with van der Waals surface area (Å²) in [5, 5.41) is 9.12. The molecule has 4 nitrogen and oxygen atoms in total. The van der Waals surface area contributed by atoms with E-state index in [9.17, 15) is 4.79 Å². The van der Waals surface area contributed by atoms with Gasteiger partial charge in [-0.2, -0.15) is 0 Å². The van der Waals surface area contributed by atoms with E-state index in [1.165, 1.54) is 6.92 Å². The van der Waals surface area contributed by atoms with Crippen LogP contribution in [0.3, 0.4) is 0 Å². The van der Waals surface area contributed by atoms with E-state index in [0.717, 1.165) is 11.0 Å². The van der Waals surface area contributed by atoms with Crippen LogP contribution in [0.5, 0.6) is 0 Å². The first-order valence-electron chi connectivity index (χ1n) is 4.34. The molecule has 1 atom stereocenters. The Morgan fingerprint density at radius 3 is 3.07 bits per heavy atom. The summed E-state index contributed by atoms with van der Waals surface area (Å²) in [6.07, 6.45) is 0.608. The van der Waals surface area contributed by atoms with Crippen LogP contribution in [0.15, 0.2) is 24.5 Å². The van der Waals surface area contributed by atoms with E-state index < -0.39 is 6.10 Å². The highest BCUT2D eigenvalue weighted by Gasteiger charge is 2.12. The summed E-state index contributed by atoms with van der Waals surface area (Å²) in [4.78, 5) is 18.4. The highest BCUT2D eigenvalue weighted by atomic mass is 16.3. The lowest BCUT2D eigenvalue weighted by Gasteiger charge is -2.02. The Kier molecular flexibility index (Phi) is 2.05. The summed E-state index contributed by atoms with van der Waals surface area (Å²) in [7, 11) is 0. The zero-order chi connectivity index (χ0) is 10.1. The number of hydrogen-bond acceptors (Lipinski definition) is 3. The van der Waals surface area contributed by atoms with Crippen molar-refractivity contribution >= 4 is 16.8 Å². The highest BCUT2D eigenvalue weighted by Crippen LogP contribution is 2.12. The zero-order valence-corrected chi connectivity index (χ0v) is 7.69. The van der Waals surface area contributed by atoms with E-state index in [-0.39, 0.29) is 5.78 Å². The van der Waals surface area contributed by atoms with Crippen LogP contribution < -0.4 is 0 Å². The molecule has 0 spiro atoms. The number of imidazole rings is 1. The summed E-state index contributed by atoms with van der Waals surface area (Å²) in [5.74, 6) is -0.276. The lowest BCUT2D eigenvalue weighted by Crippen LogP contribution is -2.15. The molecule has 72 valence electrons. The molecule has 1 aromatic heterocycles. The van der Waals surface area contributed by atoms with Crippen LogP contribution in [0.2, 0.25) is 0 Å². The van der Waals surface area contributed by atoms with Crippen LogP contribution in [0.1, 0.15) is 17.3 Å². The fourth-order valence-corrected chi connectivity index (χ4v) is 1.33. The number of nitrogens with one attached hydrogen (secondary N) is 1. The van der Waals surface area contributed by atoms with Gasteiger partial charge < -0.3 is 10.1 Å². The van der Waals surface area contributed by atoms with Gasteiger partial charge >= 0.3 is 0 Å². The summed E-state index contributed by atoms with van der Waals surface area (Å²) in [6.45, 7) is 1.46. The monoisotopic (exact) mass is 190 g/mol. The fourth-order valence-electron chi connectivity index (χ4n) is 1.33. The minimum absolute atomic E-state index is 0.276. The largest absolute Gasteiger partial charge is 0.385 e. The van der Waals surface area contributed by atoms with Gasteiger partial charge in [-0.05, 0) is 25.1 Å². The third-order valence-electron chi connectivity index (χ3n) is 2.08. The Morgan fingerprint density at radius 2 is 2.36 bits per heavy atom. The van der Waals surface area contributed by atoms with E-state index in [0.29, 0.717) is 5.56 Å². The molecule has 2 N–H and O–H groups in total. The number of rotatable bonds is 2. The van der Waals surface area contributed by atoms with Gasteiger partial charge in [0.1, 0.15) is 6.10 Å². The van der Waals surface area contributed by atoms with E-state index in [1.54, 1.807) is 24.5 Å². The number of hydrogen-bond donors (Lipinski definition) is 2. The number of aliphatic hydroxyl groups is 1. The third-order valence-corrected chi connectivity index (χ3v) is 2.08. The summed E-state index contributed by atoms with van der Waals surface area (Å²) < 4.78 is 0. The second-order valence-corrected chi connectivity index (χ2v) is 3.17. The van der Waals surface area contributed by atoms with E-state index in [1.807, 2.05) is 0 Å². The minimum Gasteiger partial charge on any atom is -0.385 e. The van der Waals surface area contributed by atoms with Crippen LogP contribution in [-0.2, 0) is 0 Å². The Balaban J connectivity index is 2.48. The maximum absolute atomic E-state index is 11.4. The second kappa shape index (κ2) is 3.23. The number of H-pyrrole nitrogens is 1. The third kappa shape index (κ3) is 1.40. The molecule has 0 saturated carbocycles. The number of aromatic amines is 1. The van der Waals surface area contributed by atoms with Gasteiger partial charge in [-0.15, -0.1) is 0 Å². The van der Waals surface area contributed by atoms with Crippen molar-refractivity contribution in [3.63, 3.8) is 0 Å². The van der Waals surface area contributed by atoms with E-state index in [2.05, 4.69) is 9.97 Å². The van der Waals surface area contributed by atoms with Crippen molar-refractivity contribution in [2.45, 2.75) is 13.0 Å². The van der Waals surface area contributed by atoms with Crippen LogP contribution in [0.25, 0.3) is 11.0 Å². The van der Waals surface area contributed by atoms with E-state index in [4.69, 9.17) is 5.11 Å². The molecule has 0 aliphatic carbocycles. The zero-order valence-electron chi connectivity index (χ0n) is 7.69. The molecule has 1 unspecified atom stereocenters. The Hall–Kier alpha value is -1.68. The van der Waals surface area contributed by atoms with E-state index >= 15 is 0 Å². The molecule has 0 fully saturated rings. The van der Waals surface area contributed by atoms with Crippen LogP contribution in [0, 0.1) is 0 Å². The molecule has 2 rings (SSSR count). The van der Waals surface area contributed by atoms with Crippen molar-refractivity contribution in [2.75, 3.05) is 0 Å². The molecule has 0 aliphatic heterocycles. The second-order valence-electron chi connectivity index (χ2n) is 3.17. The van der Waals surface area contributed by atoms with Gasteiger partial charge in [-0.25, -0.2) is 4.98 Å². The Bertz CT molecular complexity index is 474. The molecule has 4 heteroatoms. The molecule has 0 radical (unpaired) electrons. The SMILES string of the molecule is CC(O)C(=O)c1ccc2nc[nH]c2c1. The molecule has 14 heavy (non-hydrogen) atoms. The molecule has 1 aromatic carbocycles. The highest BCUT2D eigenvalue weighted by molar-refractivity contribution is 6.01. The van der Waals surface area contributed by atoms with Gasteiger partial charge in [0.15, 0.2) is 5.78 Å². The predicted molar refractivity (Wildman–Crippen MR) is 52.1 cm³/mol. The van der Waals surface area contributed by atoms with Gasteiger partial charge in [0.25, 0.3) is 0 Å². The molecule has 1 heterocycles. The Labute approximate surface area is 80.6 Å². The molecule has 0 aliphatic rings. The average Bonchev–Trinajstić information content (AvgIpc) is 2.62. The van der Waals surface area contributed by atoms with Gasteiger partial charge in [0.2, 0.25) is 0 Å². The first-order chi connectivity index (χ1) is 6.68. The van der Waals surface area contributed by atoms with Gasteiger partial charge in [-0.1, -0.05) is 0 Å². The quantitative estimate of drug-likeness (QED) is 0.697. The summed E-state index contributed by atoms with van der Waals surface area (Å²) in [5.41, 5.74) is 2.11. The van der Waals surface area contributed by atoms with Crippen molar-refractivity contribution in [3.05, 3.63) is 30.1 Å². The molecule has 0 saturated heterocycles. The fraction of sp³-hybridized carbons (Fsp3) is 0.200. The molecule has 0 bridgehead atoms. The van der Waals surface area contributed by atoms with Crippen molar-refractivity contribution in [1.29, 1.82) is 0 Å². The normalized spacial score (nSPS) is 13.0. The number of nitrogens with zero attached hydrogens (tertiary/aromatic N) is 1. The van der Waals surface area contributed by atoms with Crippen molar-refractivity contribution in [1.82, 2.24) is 9.97 Å². The van der Waals surface area contributed by atoms with Gasteiger partial charge in [0.05, 0.1) is 17.4 Å². The van der Waals surface area contributed by atoms with Crippen molar-refractivity contribution < 1.29 is 9.90 Å². The summed E-state index contributed by atoms with van der Waals surface area (Å²) in [6, 6.07) is 5.11. The molecule has 0 amide bonds. The summed E-state index contributed by atoms with van der Waals surface area (Å²) >= 11 is 0.